The zero-order valence-corrected chi connectivity index (χ0v) is 13.3. The minimum atomic E-state index is -0.209. The van der Waals surface area contributed by atoms with Crippen LogP contribution in [-0.2, 0) is 4.79 Å². The molecule has 0 aliphatic heterocycles. The van der Waals surface area contributed by atoms with Crippen LogP contribution in [0.5, 0.6) is 5.75 Å². The number of hydrogen-bond acceptors (Lipinski definition) is 3. The van der Waals surface area contributed by atoms with E-state index in [4.69, 9.17) is 4.74 Å². The van der Waals surface area contributed by atoms with E-state index >= 15 is 0 Å². The summed E-state index contributed by atoms with van der Waals surface area (Å²) in [6.07, 6.45) is 0. The normalized spacial score (nSPS) is 10.1. The summed E-state index contributed by atoms with van der Waals surface area (Å²) in [6.45, 7) is 7.57. The van der Waals surface area contributed by atoms with Gasteiger partial charge in [0.2, 0.25) is 5.91 Å². The minimum absolute atomic E-state index is 0.0512. The maximum Gasteiger partial charge on any atom is 0.257 e. The number of nitrogens with zero attached hydrogens (tertiary/aromatic N) is 2. The average molecular weight is 292 g/mol. The highest BCUT2D eigenvalue weighted by molar-refractivity contribution is 5.98. The van der Waals surface area contributed by atoms with Gasteiger partial charge >= 0.3 is 0 Å². The molecule has 116 valence electrons. The second-order valence-electron chi connectivity index (χ2n) is 4.66. The van der Waals surface area contributed by atoms with Gasteiger partial charge in [0.25, 0.3) is 5.91 Å². The van der Waals surface area contributed by atoms with Gasteiger partial charge < -0.3 is 14.5 Å². The molecule has 0 unspecified atom stereocenters. The van der Waals surface area contributed by atoms with Crippen molar-refractivity contribution < 1.29 is 14.3 Å². The number of likely N-dealkylation sites (N-methyl/N-ethyl adjacent to an activating group) is 2. The molecule has 0 N–H and O–H groups in total. The Morgan fingerprint density at radius 1 is 1.10 bits per heavy atom. The number of hydrogen-bond donors (Lipinski definition) is 0. The first-order chi connectivity index (χ1) is 10.0. The number of para-hydroxylation sites is 1. The fraction of sp³-hybridized carbons (Fsp3) is 0.500. The Hall–Kier alpha value is -2.04. The van der Waals surface area contributed by atoms with E-state index in [1.165, 1.54) is 4.90 Å². The van der Waals surface area contributed by atoms with E-state index in [1.54, 1.807) is 30.1 Å². The Labute approximate surface area is 126 Å². The maximum atomic E-state index is 12.5. The van der Waals surface area contributed by atoms with Crippen LogP contribution in [-0.4, -0.2) is 54.9 Å². The lowest BCUT2D eigenvalue weighted by Gasteiger charge is -2.23. The number of amides is 2. The van der Waals surface area contributed by atoms with E-state index in [0.29, 0.717) is 31.0 Å². The first kappa shape index (κ1) is 17.0. The fourth-order valence-electron chi connectivity index (χ4n) is 2.08. The summed E-state index contributed by atoms with van der Waals surface area (Å²) in [5, 5.41) is 0. The third-order valence-electron chi connectivity index (χ3n) is 3.25. The molecule has 5 heteroatoms. The van der Waals surface area contributed by atoms with E-state index < -0.39 is 0 Å². The van der Waals surface area contributed by atoms with Gasteiger partial charge in [-0.1, -0.05) is 12.1 Å². The third-order valence-corrected chi connectivity index (χ3v) is 3.25. The Kier molecular flexibility index (Phi) is 6.72. The van der Waals surface area contributed by atoms with Crippen LogP contribution >= 0.6 is 0 Å². The lowest BCUT2D eigenvalue weighted by atomic mass is 10.1. The number of ether oxygens (including phenoxy) is 1. The smallest absolute Gasteiger partial charge is 0.257 e. The van der Waals surface area contributed by atoms with Gasteiger partial charge in [-0.15, -0.1) is 0 Å². The van der Waals surface area contributed by atoms with E-state index in [9.17, 15) is 9.59 Å². The molecule has 0 aliphatic carbocycles. The SMILES string of the molecule is CCOc1ccccc1C(=O)N(C)CC(=O)N(CC)CC. The molecule has 0 bridgehead atoms. The van der Waals surface area contributed by atoms with Crippen molar-refractivity contribution in [1.29, 1.82) is 0 Å². The quantitative estimate of drug-likeness (QED) is 0.772. The zero-order valence-electron chi connectivity index (χ0n) is 13.3. The van der Waals surface area contributed by atoms with Crippen LogP contribution in [0.15, 0.2) is 24.3 Å². The molecule has 0 radical (unpaired) electrons. The molecular formula is C16H24N2O3. The number of carbonyl (C=O) groups excluding carboxylic acids is 2. The van der Waals surface area contributed by atoms with Crippen molar-refractivity contribution in [1.82, 2.24) is 9.80 Å². The summed E-state index contributed by atoms with van der Waals surface area (Å²) in [5.74, 6) is 0.288. The lowest BCUT2D eigenvalue weighted by molar-refractivity contribution is -0.131. The van der Waals surface area contributed by atoms with Gasteiger partial charge in [-0.05, 0) is 32.9 Å². The van der Waals surface area contributed by atoms with Crippen molar-refractivity contribution in [3.8, 4) is 5.75 Å². The van der Waals surface area contributed by atoms with Crippen LogP contribution in [0, 0.1) is 0 Å². The molecule has 0 saturated carbocycles. The standard InChI is InChI=1S/C16H24N2O3/c1-5-18(6-2)15(19)12-17(4)16(20)13-10-8-9-11-14(13)21-7-3/h8-11H,5-7,12H2,1-4H3. The first-order valence-electron chi connectivity index (χ1n) is 7.30. The second kappa shape index (κ2) is 8.29. The minimum Gasteiger partial charge on any atom is -0.493 e. The highest BCUT2D eigenvalue weighted by Crippen LogP contribution is 2.19. The number of rotatable bonds is 7. The molecule has 1 aromatic carbocycles. The van der Waals surface area contributed by atoms with Crippen molar-refractivity contribution in [2.24, 2.45) is 0 Å². The van der Waals surface area contributed by atoms with Gasteiger partial charge in [0.15, 0.2) is 0 Å². The van der Waals surface area contributed by atoms with Gasteiger partial charge in [-0.2, -0.15) is 0 Å². The Balaban J connectivity index is 2.81. The van der Waals surface area contributed by atoms with Crippen molar-refractivity contribution >= 4 is 11.8 Å². The van der Waals surface area contributed by atoms with E-state index in [2.05, 4.69) is 0 Å². The molecule has 1 rings (SSSR count). The highest BCUT2D eigenvalue weighted by atomic mass is 16.5. The van der Waals surface area contributed by atoms with Crippen LogP contribution < -0.4 is 4.74 Å². The second-order valence-corrected chi connectivity index (χ2v) is 4.66. The van der Waals surface area contributed by atoms with Gasteiger partial charge in [-0.25, -0.2) is 0 Å². The van der Waals surface area contributed by atoms with Gasteiger partial charge in [-0.3, -0.25) is 9.59 Å². The summed E-state index contributed by atoms with van der Waals surface area (Å²) < 4.78 is 5.46. The molecule has 0 heterocycles. The maximum absolute atomic E-state index is 12.5. The monoisotopic (exact) mass is 292 g/mol. The van der Waals surface area contributed by atoms with Gasteiger partial charge in [0.1, 0.15) is 5.75 Å². The molecule has 1 aromatic rings. The summed E-state index contributed by atoms with van der Waals surface area (Å²) >= 11 is 0. The molecule has 21 heavy (non-hydrogen) atoms. The summed E-state index contributed by atoms with van der Waals surface area (Å²) in [6, 6.07) is 7.08. The van der Waals surface area contributed by atoms with Crippen molar-refractivity contribution in [3.05, 3.63) is 29.8 Å². The Morgan fingerprint density at radius 2 is 1.71 bits per heavy atom. The van der Waals surface area contributed by atoms with Crippen LogP contribution in [0.25, 0.3) is 0 Å². The predicted octanol–water partition coefficient (Wildman–Crippen LogP) is 2.03. The highest BCUT2D eigenvalue weighted by Gasteiger charge is 2.20. The Morgan fingerprint density at radius 3 is 2.29 bits per heavy atom. The number of benzene rings is 1. The molecule has 0 atom stereocenters. The zero-order chi connectivity index (χ0) is 15.8. The Bertz CT molecular complexity index is 484. The van der Waals surface area contributed by atoms with Crippen LogP contribution in [0.1, 0.15) is 31.1 Å². The number of carbonyl (C=O) groups is 2. The van der Waals surface area contributed by atoms with Gasteiger partial charge in [0, 0.05) is 20.1 Å². The summed E-state index contributed by atoms with van der Waals surface area (Å²) in [7, 11) is 1.63. The van der Waals surface area contributed by atoms with E-state index in [0.717, 1.165) is 0 Å². The fourth-order valence-corrected chi connectivity index (χ4v) is 2.08. The van der Waals surface area contributed by atoms with Crippen molar-refractivity contribution in [2.75, 3.05) is 33.3 Å². The molecule has 0 spiro atoms. The molecular weight excluding hydrogens is 268 g/mol. The molecule has 5 nitrogen and oxygen atoms in total. The molecule has 0 fully saturated rings. The van der Waals surface area contributed by atoms with Gasteiger partial charge in [0.05, 0.1) is 18.7 Å². The van der Waals surface area contributed by atoms with E-state index in [1.807, 2.05) is 26.8 Å². The lowest BCUT2D eigenvalue weighted by Crippen LogP contribution is -2.41. The van der Waals surface area contributed by atoms with Crippen molar-refractivity contribution in [3.63, 3.8) is 0 Å². The molecule has 2 amide bonds. The van der Waals surface area contributed by atoms with Crippen LogP contribution in [0.4, 0.5) is 0 Å². The van der Waals surface area contributed by atoms with E-state index in [-0.39, 0.29) is 18.4 Å². The van der Waals surface area contributed by atoms with Crippen LogP contribution in [0.3, 0.4) is 0 Å². The predicted molar refractivity (Wildman–Crippen MR) is 82.5 cm³/mol. The summed E-state index contributed by atoms with van der Waals surface area (Å²) in [4.78, 5) is 27.6. The molecule has 0 saturated heterocycles. The molecule has 0 aliphatic rings. The molecule has 0 aromatic heterocycles. The average Bonchev–Trinajstić information content (AvgIpc) is 2.48. The largest absolute Gasteiger partial charge is 0.493 e. The van der Waals surface area contributed by atoms with Crippen molar-refractivity contribution in [2.45, 2.75) is 20.8 Å². The topological polar surface area (TPSA) is 49.9 Å². The third kappa shape index (κ3) is 4.48. The summed E-state index contributed by atoms with van der Waals surface area (Å²) in [5.41, 5.74) is 0.481. The van der Waals surface area contributed by atoms with Crippen LogP contribution in [0.2, 0.25) is 0 Å². The first-order valence-corrected chi connectivity index (χ1v) is 7.30.